The van der Waals surface area contributed by atoms with Gasteiger partial charge in [0.15, 0.2) is 6.29 Å². The maximum absolute atomic E-state index is 11.5. The van der Waals surface area contributed by atoms with E-state index in [9.17, 15) is 13.0 Å². The minimum absolute atomic E-state index is 0.170. The second kappa shape index (κ2) is 11.7. The monoisotopic (exact) mass is 464 g/mol. The van der Waals surface area contributed by atoms with Crippen molar-refractivity contribution in [3.8, 4) is 0 Å². The van der Waals surface area contributed by atoms with E-state index in [0.717, 1.165) is 11.1 Å². The molecule has 0 aliphatic carbocycles. The topological polar surface area (TPSA) is 101 Å². The van der Waals surface area contributed by atoms with Crippen molar-refractivity contribution < 1.29 is 36.1 Å². The van der Waals surface area contributed by atoms with Gasteiger partial charge in [-0.05, 0) is 18.1 Å². The molecule has 1 aliphatic heterocycles. The van der Waals surface area contributed by atoms with E-state index in [-0.39, 0.29) is 19.8 Å². The van der Waals surface area contributed by atoms with E-state index in [1.165, 1.54) is 0 Å². The van der Waals surface area contributed by atoms with Crippen LogP contribution in [0.2, 0.25) is 0 Å². The minimum atomic E-state index is -4.77. The molecule has 1 N–H and O–H groups in total. The Kier molecular flexibility index (Phi) is 8.94. The summed E-state index contributed by atoms with van der Waals surface area (Å²) in [6.45, 7) is 5.84. The first kappa shape index (κ1) is 24.5. The fraction of sp³-hybridized carbons (Fsp3) is 0.391. The first-order valence-electron chi connectivity index (χ1n) is 10.2. The van der Waals surface area contributed by atoms with Gasteiger partial charge in [-0.3, -0.25) is 4.55 Å². The van der Waals surface area contributed by atoms with Crippen molar-refractivity contribution in [3.05, 3.63) is 84.4 Å². The van der Waals surface area contributed by atoms with Gasteiger partial charge in [-0.15, -0.1) is 6.58 Å². The van der Waals surface area contributed by atoms with Crippen molar-refractivity contribution in [2.45, 2.75) is 50.8 Å². The Bertz CT molecular complexity index is 935. The lowest BCUT2D eigenvalue weighted by Crippen LogP contribution is -2.60. The predicted octanol–water partition coefficient (Wildman–Crippen LogP) is 3.29. The van der Waals surface area contributed by atoms with Crippen LogP contribution in [0.3, 0.4) is 0 Å². The van der Waals surface area contributed by atoms with Gasteiger partial charge in [0, 0.05) is 0 Å². The average molecular weight is 465 g/mol. The van der Waals surface area contributed by atoms with Gasteiger partial charge in [-0.1, -0.05) is 66.7 Å². The number of rotatable bonds is 11. The molecule has 8 nitrogen and oxygen atoms in total. The molecule has 0 saturated carbocycles. The molecule has 2 aromatic carbocycles. The number of benzene rings is 2. The summed E-state index contributed by atoms with van der Waals surface area (Å²) >= 11 is 0. The molecule has 0 amide bonds. The van der Waals surface area contributed by atoms with Crippen molar-refractivity contribution in [1.29, 1.82) is 0 Å². The van der Waals surface area contributed by atoms with E-state index >= 15 is 0 Å². The molecule has 0 spiro atoms. The third-order valence-corrected chi connectivity index (χ3v) is 5.37. The van der Waals surface area contributed by atoms with Crippen LogP contribution in [0.15, 0.2) is 73.3 Å². The molecule has 9 heteroatoms. The highest BCUT2D eigenvalue weighted by atomic mass is 32.3. The Morgan fingerprint density at radius 1 is 0.906 bits per heavy atom. The Hall–Kier alpha value is -2.11. The van der Waals surface area contributed by atoms with Crippen LogP contribution in [0.5, 0.6) is 0 Å². The summed E-state index contributed by atoms with van der Waals surface area (Å²) < 4.78 is 61.2. The smallest absolute Gasteiger partial charge is 0.368 e. The number of ether oxygens (including phenoxy) is 4. The first-order chi connectivity index (χ1) is 15.4. The molecule has 0 aromatic heterocycles. The van der Waals surface area contributed by atoms with Gasteiger partial charge >= 0.3 is 10.4 Å². The van der Waals surface area contributed by atoms with Crippen LogP contribution in [0.25, 0.3) is 0 Å². The largest absolute Gasteiger partial charge is 0.397 e. The summed E-state index contributed by atoms with van der Waals surface area (Å²) in [7, 11) is -4.77. The van der Waals surface area contributed by atoms with Gasteiger partial charge in [-0.25, -0.2) is 4.18 Å². The molecule has 2 aromatic rings. The van der Waals surface area contributed by atoms with Crippen LogP contribution in [0, 0.1) is 0 Å². The quantitative estimate of drug-likeness (QED) is 0.399. The number of hydrogen-bond acceptors (Lipinski definition) is 7. The lowest BCUT2D eigenvalue weighted by Gasteiger charge is -2.44. The summed E-state index contributed by atoms with van der Waals surface area (Å²) in [4.78, 5) is 0. The minimum Gasteiger partial charge on any atom is -0.368 e. The fourth-order valence-electron chi connectivity index (χ4n) is 3.44. The second-order valence-corrected chi connectivity index (χ2v) is 8.39. The van der Waals surface area contributed by atoms with Crippen molar-refractivity contribution in [2.75, 3.05) is 6.61 Å². The highest BCUT2D eigenvalue weighted by Crippen LogP contribution is 2.31. The van der Waals surface area contributed by atoms with Crippen molar-refractivity contribution in [2.24, 2.45) is 0 Å². The summed E-state index contributed by atoms with van der Waals surface area (Å²) in [5, 5.41) is 0. The fourth-order valence-corrected chi connectivity index (χ4v) is 3.99. The predicted molar refractivity (Wildman–Crippen MR) is 117 cm³/mol. The summed E-state index contributed by atoms with van der Waals surface area (Å²) in [6.07, 6.45) is -2.99. The van der Waals surface area contributed by atoms with Crippen LogP contribution in [0.1, 0.15) is 18.1 Å². The van der Waals surface area contributed by atoms with Gasteiger partial charge in [0.05, 0.1) is 25.9 Å². The van der Waals surface area contributed by atoms with Crippen molar-refractivity contribution >= 4 is 10.4 Å². The standard InChI is InChI=1S/C23H28O8S/c1-3-14-27-23-22(29-16-19-12-8-5-9-13-19)21(28-15-18-10-6-4-7-11-18)20(17(2)30-23)31-32(24,25)26/h3-13,17,20-23H,1,14-16H2,2H3,(H,24,25,26)/t17-,20+,21+,22-,23+/m0/s1. The molecule has 1 saturated heterocycles. The molecule has 3 rings (SSSR count). The van der Waals surface area contributed by atoms with E-state index < -0.39 is 41.1 Å². The summed E-state index contributed by atoms with van der Waals surface area (Å²) in [5.41, 5.74) is 1.78. The zero-order chi connectivity index (χ0) is 23.0. The van der Waals surface area contributed by atoms with E-state index in [2.05, 4.69) is 6.58 Å². The van der Waals surface area contributed by atoms with Crippen LogP contribution in [-0.2, 0) is 46.7 Å². The normalized spacial score (nSPS) is 26.0. The zero-order valence-corrected chi connectivity index (χ0v) is 18.6. The first-order valence-corrected chi connectivity index (χ1v) is 11.6. The van der Waals surface area contributed by atoms with E-state index in [1.807, 2.05) is 60.7 Å². The molecule has 32 heavy (non-hydrogen) atoms. The Morgan fingerprint density at radius 3 is 1.94 bits per heavy atom. The third-order valence-electron chi connectivity index (χ3n) is 4.91. The van der Waals surface area contributed by atoms with E-state index in [4.69, 9.17) is 23.1 Å². The Morgan fingerprint density at radius 2 is 1.44 bits per heavy atom. The summed E-state index contributed by atoms with van der Waals surface area (Å²) in [5.74, 6) is 0. The molecule has 0 bridgehead atoms. The Balaban J connectivity index is 1.87. The molecule has 5 atom stereocenters. The summed E-state index contributed by atoms with van der Waals surface area (Å²) in [6, 6.07) is 18.9. The maximum Gasteiger partial charge on any atom is 0.397 e. The van der Waals surface area contributed by atoms with Gasteiger partial charge in [0.2, 0.25) is 0 Å². The molecule has 0 radical (unpaired) electrons. The van der Waals surface area contributed by atoms with Crippen molar-refractivity contribution in [1.82, 2.24) is 0 Å². The van der Waals surface area contributed by atoms with Crippen molar-refractivity contribution in [3.63, 3.8) is 0 Å². The molecular weight excluding hydrogens is 436 g/mol. The zero-order valence-electron chi connectivity index (χ0n) is 17.8. The SMILES string of the molecule is C=CCO[C@@H]1O[C@@H](C)[C@@H](OS(=O)(=O)O)[C@@H](OCc2ccccc2)[C@@H]1OCc1ccccc1. The van der Waals surface area contributed by atoms with Gasteiger partial charge in [0.1, 0.15) is 18.3 Å². The maximum atomic E-state index is 11.5. The highest BCUT2D eigenvalue weighted by molar-refractivity contribution is 7.80. The van der Waals surface area contributed by atoms with Crippen LogP contribution in [0.4, 0.5) is 0 Å². The molecule has 1 aliphatic rings. The van der Waals surface area contributed by atoms with Crippen LogP contribution >= 0.6 is 0 Å². The van der Waals surface area contributed by atoms with Gasteiger partial charge in [0.25, 0.3) is 0 Å². The third kappa shape index (κ3) is 7.21. The molecule has 174 valence electrons. The van der Waals surface area contributed by atoms with Crippen LogP contribution in [-0.4, -0.2) is 50.3 Å². The average Bonchev–Trinajstić information content (AvgIpc) is 2.78. The molecule has 0 unspecified atom stereocenters. The van der Waals surface area contributed by atoms with E-state index in [0.29, 0.717) is 0 Å². The van der Waals surface area contributed by atoms with Crippen LogP contribution < -0.4 is 0 Å². The van der Waals surface area contributed by atoms with Gasteiger partial charge in [-0.2, -0.15) is 8.42 Å². The van der Waals surface area contributed by atoms with Gasteiger partial charge < -0.3 is 18.9 Å². The molecule has 1 heterocycles. The second-order valence-electron chi connectivity index (χ2n) is 7.34. The Labute approximate surface area is 188 Å². The van der Waals surface area contributed by atoms with E-state index in [1.54, 1.807) is 13.0 Å². The highest BCUT2D eigenvalue weighted by Gasteiger charge is 2.49. The lowest BCUT2D eigenvalue weighted by molar-refractivity contribution is -0.306. The number of hydrogen-bond donors (Lipinski definition) is 1. The molecule has 1 fully saturated rings. The molecular formula is C23H28O8S. The lowest BCUT2D eigenvalue weighted by atomic mass is 9.99.